The molecular formula is C9H10F2N2O2. The van der Waals surface area contributed by atoms with E-state index in [1.165, 1.54) is 0 Å². The third kappa shape index (κ3) is 2.95. The molecule has 1 aromatic rings. The van der Waals surface area contributed by atoms with Crippen LogP contribution < -0.4 is 5.73 Å². The van der Waals surface area contributed by atoms with Crippen molar-refractivity contribution < 1.29 is 18.7 Å². The molecule has 0 saturated heterocycles. The zero-order chi connectivity index (χ0) is 11.4. The van der Waals surface area contributed by atoms with E-state index in [0.717, 1.165) is 12.3 Å². The van der Waals surface area contributed by atoms with Gasteiger partial charge in [0, 0.05) is 18.3 Å². The number of aliphatic carboxylic acids is 1. The van der Waals surface area contributed by atoms with E-state index < -0.39 is 12.4 Å². The van der Waals surface area contributed by atoms with Crippen LogP contribution in [0.2, 0.25) is 0 Å². The van der Waals surface area contributed by atoms with Crippen molar-refractivity contribution in [3.05, 3.63) is 29.1 Å². The van der Waals surface area contributed by atoms with Gasteiger partial charge >= 0.3 is 5.97 Å². The Morgan fingerprint density at radius 1 is 1.60 bits per heavy atom. The number of carboxylic acid groups (broad SMARTS) is 1. The number of hydrogen-bond acceptors (Lipinski definition) is 3. The van der Waals surface area contributed by atoms with Crippen LogP contribution in [-0.2, 0) is 17.8 Å². The molecule has 0 unspecified atom stereocenters. The van der Waals surface area contributed by atoms with E-state index in [0.29, 0.717) is 5.69 Å². The Kier molecular flexibility index (Phi) is 3.68. The van der Waals surface area contributed by atoms with Gasteiger partial charge in [0.15, 0.2) is 0 Å². The zero-order valence-corrected chi connectivity index (χ0v) is 7.78. The summed E-state index contributed by atoms with van der Waals surface area (Å²) in [6, 6.07) is 1.13. The third-order valence-electron chi connectivity index (χ3n) is 1.87. The maximum absolute atomic E-state index is 12.3. The van der Waals surface area contributed by atoms with Crippen molar-refractivity contribution in [1.82, 2.24) is 4.98 Å². The first-order valence-corrected chi connectivity index (χ1v) is 4.22. The number of alkyl halides is 2. The SMILES string of the molecule is NCc1ncc(C(F)F)cc1CC(=O)O. The largest absolute Gasteiger partial charge is 0.481 e. The van der Waals surface area contributed by atoms with Gasteiger partial charge in [0.25, 0.3) is 6.43 Å². The fourth-order valence-corrected chi connectivity index (χ4v) is 1.18. The fourth-order valence-electron chi connectivity index (χ4n) is 1.18. The summed E-state index contributed by atoms with van der Waals surface area (Å²) < 4.78 is 24.6. The molecule has 0 aliphatic heterocycles. The maximum atomic E-state index is 12.3. The quantitative estimate of drug-likeness (QED) is 0.790. The number of hydrogen-bond donors (Lipinski definition) is 2. The summed E-state index contributed by atoms with van der Waals surface area (Å²) in [4.78, 5) is 14.2. The molecular weight excluding hydrogens is 206 g/mol. The van der Waals surface area contributed by atoms with E-state index in [1.807, 2.05) is 0 Å². The second kappa shape index (κ2) is 4.79. The molecule has 15 heavy (non-hydrogen) atoms. The number of halogens is 2. The minimum absolute atomic E-state index is 0.0339. The summed E-state index contributed by atoms with van der Waals surface area (Å²) in [5.41, 5.74) is 5.59. The zero-order valence-electron chi connectivity index (χ0n) is 7.78. The molecule has 1 aromatic heterocycles. The van der Waals surface area contributed by atoms with Crippen LogP contribution in [0.4, 0.5) is 8.78 Å². The van der Waals surface area contributed by atoms with Crippen molar-refractivity contribution in [2.75, 3.05) is 0 Å². The third-order valence-corrected chi connectivity index (χ3v) is 1.87. The van der Waals surface area contributed by atoms with Crippen LogP contribution in [0, 0.1) is 0 Å². The molecule has 6 heteroatoms. The van der Waals surface area contributed by atoms with Crippen molar-refractivity contribution in [2.24, 2.45) is 5.73 Å². The summed E-state index contributed by atoms with van der Waals surface area (Å²) in [5.74, 6) is -1.10. The van der Waals surface area contributed by atoms with Crippen molar-refractivity contribution >= 4 is 5.97 Å². The minimum Gasteiger partial charge on any atom is -0.481 e. The minimum atomic E-state index is -2.66. The standard InChI is InChI=1S/C9H10F2N2O2/c10-9(11)6-1-5(2-8(14)15)7(3-12)13-4-6/h1,4,9H,2-3,12H2,(H,14,15). The van der Waals surface area contributed by atoms with E-state index in [9.17, 15) is 13.6 Å². The van der Waals surface area contributed by atoms with Gasteiger partial charge in [-0.3, -0.25) is 9.78 Å². The van der Waals surface area contributed by atoms with Crippen LogP contribution in [0.5, 0.6) is 0 Å². The molecule has 0 aliphatic carbocycles. The Bertz CT molecular complexity index is 369. The predicted molar refractivity (Wildman–Crippen MR) is 48.4 cm³/mol. The molecule has 0 spiro atoms. The van der Waals surface area contributed by atoms with Gasteiger partial charge in [0.05, 0.1) is 12.1 Å². The Morgan fingerprint density at radius 3 is 2.73 bits per heavy atom. The van der Waals surface area contributed by atoms with E-state index >= 15 is 0 Å². The molecule has 3 N–H and O–H groups in total. The smallest absolute Gasteiger partial charge is 0.307 e. The van der Waals surface area contributed by atoms with Gasteiger partial charge in [0.2, 0.25) is 0 Å². The lowest BCUT2D eigenvalue weighted by Crippen LogP contribution is -2.10. The molecule has 4 nitrogen and oxygen atoms in total. The number of carbonyl (C=O) groups is 1. The maximum Gasteiger partial charge on any atom is 0.307 e. The van der Waals surface area contributed by atoms with Gasteiger partial charge in [-0.2, -0.15) is 0 Å². The highest BCUT2D eigenvalue weighted by atomic mass is 19.3. The number of rotatable bonds is 4. The van der Waals surface area contributed by atoms with Crippen LogP contribution in [0.3, 0.4) is 0 Å². The van der Waals surface area contributed by atoms with Crippen LogP contribution in [0.1, 0.15) is 23.2 Å². The Labute approximate surface area is 84.7 Å². The monoisotopic (exact) mass is 216 g/mol. The Morgan fingerprint density at radius 2 is 2.27 bits per heavy atom. The number of carboxylic acids is 1. The molecule has 0 amide bonds. The molecule has 82 valence electrons. The predicted octanol–water partition coefficient (Wildman–Crippen LogP) is 1.10. The molecule has 0 bridgehead atoms. The summed E-state index contributed by atoms with van der Waals surface area (Å²) >= 11 is 0. The highest BCUT2D eigenvalue weighted by Crippen LogP contribution is 2.20. The number of nitrogens with two attached hydrogens (primary N) is 1. The van der Waals surface area contributed by atoms with E-state index in [-0.39, 0.29) is 24.1 Å². The van der Waals surface area contributed by atoms with Crippen molar-refractivity contribution in [3.8, 4) is 0 Å². The first-order chi connectivity index (χ1) is 7.04. The molecule has 1 rings (SSSR count). The first-order valence-electron chi connectivity index (χ1n) is 4.22. The summed E-state index contributed by atoms with van der Waals surface area (Å²) in [5, 5.41) is 8.56. The van der Waals surface area contributed by atoms with Crippen LogP contribution >= 0.6 is 0 Å². The molecule has 0 aromatic carbocycles. The van der Waals surface area contributed by atoms with Crippen molar-refractivity contribution in [3.63, 3.8) is 0 Å². The molecule has 0 saturated carbocycles. The fraction of sp³-hybridized carbons (Fsp3) is 0.333. The lowest BCUT2D eigenvalue weighted by atomic mass is 10.1. The molecule has 0 fully saturated rings. The second-order valence-electron chi connectivity index (χ2n) is 2.95. The topological polar surface area (TPSA) is 76.2 Å². The summed E-state index contributed by atoms with van der Waals surface area (Å²) in [6.45, 7) is 0.0339. The highest BCUT2D eigenvalue weighted by Gasteiger charge is 2.13. The van der Waals surface area contributed by atoms with Gasteiger partial charge in [-0.1, -0.05) is 0 Å². The number of pyridine rings is 1. The number of aromatic nitrogens is 1. The lowest BCUT2D eigenvalue weighted by Gasteiger charge is -2.07. The summed E-state index contributed by atoms with van der Waals surface area (Å²) in [7, 11) is 0. The highest BCUT2D eigenvalue weighted by molar-refractivity contribution is 5.70. The van der Waals surface area contributed by atoms with E-state index in [4.69, 9.17) is 10.8 Å². The van der Waals surface area contributed by atoms with Crippen LogP contribution in [-0.4, -0.2) is 16.1 Å². The van der Waals surface area contributed by atoms with Crippen molar-refractivity contribution in [2.45, 2.75) is 19.4 Å². The second-order valence-corrected chi connectivity index (χ2v) is 2.95. The number of nitrogens with zero attached hydrogens (tertiary/aromatic N) is 1. The van der Waals surface area contributed by atoms with Crippen LogP contribution in [0.25, 0.3) is 0 Å². The van der Waals surface area contributed by atoms with Gasteiger partial charge in [-0.15, -0.1) is 0 Å². The van der Waals surface area contributed by atoms with Gasteiger partial charge in [0.1, 0.15) is 0 Å². The molecule has 0 aliphatic rings. The molecule has 0 atom stereocenters. The molecule has 1 heterocycles. The average Bonchev–Trinajstić information content (AvgIpc) is 2.16. The Hall–Kier alpha value is -1.56. The van der Waals surface area contributed by atoms with Crippen LogP contribution in [0.15, 0.2) is 12.3 Å². The lowest BCUT2D eigenvalue weighted by molar-refractivity contribution is -0.136. The summed E-state index contributed by atoms with van der Waals surface area (Å²) in [6.07, 6.45) is -1.99. The van der Waals surface area contributed by atoms with E-state index in [2.05, 4.69) is 4.98 Å². The van der Waals surface area contributed by atoms with Gasteiger partial charge in [-0.05, 0) is 11.6 Å². The van der Waals surface area contributed by atoms with Crippen molar-refractivity contribution in [1.29, 1.82) is 0 Å². The van der Waals surface area contributed by atoms with Gasteiger partial charge in [-0.25, -0.2) is 8.78 Å². The normalized spacial score (nSPS) is 10.7. The first kappa shape index (κ1) is 11.5. The molecule has 0 radical (unpaired) electrons. The average molecular weight is 216 g/mol. The van der Waals surface area contributed by atoms with E-state index in [1.54, 1.807) is 0 Å². The Balaban J connectivity index is 3.07. The van der Waals surface area contributed by atoms with Gasteiger partial charge < -0.3 is 10.8 Å².